The lowest BCUT2D eigenvalue weighted by atomic mass is 10.3. The SMILES string of the molecule is COc1ccc(OCc2nnc(SC(C)c3nc(C)no3)n2-c2ccccc2)cc1. The van der Waals surface area contributed by atoms with Crippen LogP contribution in [0.5, 0.6) is 11.5 Å². The van der Waals surface area contributed by atoms with Crippen molar-refractivity contribution in [2.75, 3.05) is 7.11 Å². The Morgan fingerprint density at radius 2 is 1.77 bits per heavy atom. The first-order valence-corrected chi connectivity index (χ1v) is 10.3. The zero-order valence-corrected chi connectivity index (χ0v) is 17.7. The minimum atomic E-state index is -0.0757. The molecule has 0 saturated heterocycles. The molecule has 1 unspecified atom stereocenters. The maximum Gasteiger partial charge on any atom is 0.239 e. The summed E-state index contributed by atoms with van der Waals surface area (Å²) in [7, 11) is 1.63. The Hall–Kier alpha value is -3.33. The molecule has 0 saturated carbocycles. The standard InChI is InChI=1S/C21H21N5O3S/c1-14(20-22-15(2)25-29-20)30-21-24-23-19(26(21)16-7-5-4-6-8-16)13-28-18-11-9-17(27-3)10-12-18/h4-12,14H,13H2,1-3H3. The van der Waals surface area contributed by atoms with Crippen LogP contribution >= 0.6 is 11.8 Å². The molecule has 0 bridgehead atoms. The van der Waals surface area contributed by atoms with Crippen LogP contribution in [0.15, 0.2) is 64.3 Å². The molecule has 4 aromatic rings. The molecule has 30 heavy (non-hydrogen) atoms. The van der Waals surface area contributed by atoms with Gasteiger partial charge in [0.15, 0.2) is 16.8 Å². The van der Waals surface area contributed by atoms with Gasteiger partial charge in [-0.2, -0.15) is 4.98 Å². The summed E-state index contributed by atoms with van der Waals surface area (Å²) in [5, 5.41) is 13.3. The first-order valence-electron chi connectivity index (χ1n) is 9.37. The quantitative estimate of drug-likeness (QED) is 0.385. The van der Waals surface area contributed by atoms with Gasteiger partial charge >= 0.3 is 0 Å². The van der Waals surface area contributed by atoms with Gasteiger partial charge in [-0.1, -0.05) is 35.1 Å². The van der Waals surface area contributed by atoms with Gasteiger partial charge in [-0.05, 0) is 50.2 Å². The maximum absolute atomic E-state index is 5.93. The van der Waals surface area contributed by atoms with Crippen LogP contribution in [0, 0.1) is 6.92 Å². The molecular formula is C21H21N5O3S. The Morgan fingerprint density at radius 3 is 2.43 bits per heavy atom. The van der Waals surface area contributed by atoms with E-state index in [2.05, 4.69) is 20.3 Å². The van der Waals surface area contributed by atoms with Crippen molar-refractivity contribution in [3.8, 4) is 17.2 Å². The molecule has 2 heterocycles. The van der Waals surface area contributed by atoms with Gasteiger partial charge in [0, 0.05) is 5.69 Å². The van der Waals surface area contributed by atoms with Crippen molar-refractivity contribution in [2.24, 2.45) is 0 Å². The van der Waals surface area contributed by atoms with Crippen molar-refractivity contribution in [2.45, 2.75) is 30.9 Å². The minimum absolute atomic E-state index is 0.0757. The summed E-state index contributed by atoms with van der Waals surface area (Å²) >= 11 is 1.50. The average Bonchev–Trinajstić information content (AvgIpc) is 3.39. The van der Waals surface area contributed by atoms with Crippen LogP contribution in [0.2, 0.25) is 0 Å². The molecule has 1 atom stereocenters. The van der Waals surface area contributed by atoms with Crippen molar-refractivity contribution in [3.05, 3.63) is 72.1 Å². The topological polar surface area (TPSA) is 88.1 Å². The number of methoxy groups -OCH3 is 1. The van der Waals surface area contributed by atoms with E-state index in [1.165, 1.54) is 11.8 Å². The normalized spacial score (nSPS) is 12.0. The van der Waals surface area contributed by atoms with E-state index in [0.29, 0.717) is 17.5 Å². The monoisotopic (exact) mass is 423 g/mol. The summed E-state index contributed by atoms with van der Waals surface area (Å²) in [5.41, 5.74) is 0.951. The van der Waals surface area contributed by atoms with Crippen molar-refractivity contribution < 1.29 is 14.0 Å². The third-order valence-electron chi connectivity index (χ3n) is 4.32. The molecule has 0 amide bonds. The van der Waals surface area contributed by atoms with E-state index in [4.69, 9.17) is 14.0 Å². The number of benzene rings is 2. The summed E-state index contributed by atoms with van der Waals surface area (Å²) in [6.07, 6.45) is 0. The number of hydrogen-bond donors (Lipinski definition) is 0. The van der Waals surface area contributed by atoms with Gasteiger partial charge in [0.25, 0.3) is 0 Å². The number of hydrogen-bond acceptors (Lipinski definition) is 8. The molecule has 0 aliphatic carbocycles. The highest BCUT2D eigenvalue weighted by molar-refractivity contribution is 7.99. The summed E-state index contributed by atoms with van der Waals surface area (Å²) in [5.74, 6) is 3.35. The molecule has 2 aromatic heterocycles. The van der Waals surface area contributed by atoms with Gasteiger partial charge in [0.2, 0.25) is 5.89 Å². The van der Waals surface area contributed by atoms with E-state index in [0.717, 1.165) is 22.3 Å². The molecule has 2 aromatic carbocycles. The predicted molar refractivity (Wildman–Crippen MR) is 112 cm³/mol. The van der Waals surface area contributed by atoms with Crippen LogP contribution in [0.25, 0.3) is 5.69 Å². The number of aryl methyl sites for hydroxylation is 1. The molecule has 0 N–H and O–H groups in total. The Bertz CT molecular complexity index is 1100. The lowest BCUT2D eigenvalue weighted by Gasteiger charge is -2.12. The average molecular weight is 423 g/mol. The number of rotatable bonds is 8. The first-order chi connectivity index (χ1) is 14.6. The van der Waals surface area contributed by atoms with Crippen LogP contribution in [0.3, 0.4) is 0 Å². The molecule has 0 radical (unpaired) electrons. The van der Waals surface area contributed by atoms with E-state index in [1.54, 1.807) is 14.0 Å². The number of para-hydroxylation sites is 1. The molecule has 0 fully saturated rings. The van der Waals surface area contributed by atoms with E-state index in [1.807, 2.05) is 66.1 Å². The molecule has 0 aliphatic rings. The smallest absolute Gasteiger partial charge is 0.239 e. The summed E-state index contributed by atoms with van der Waals surface area (Å²) in [6, 6.07) is 17.4. The third kappa shape index (κ3) is 4.46. The molecule has 8 nitrogen and oxygen atoms in total. The summed E-state index contributed by atoms with van der Waals surface area (Å²) in [6.45, 7) is 4.06. The Morgan fingerprint density at radius 1 is 1.03 bits per heavy atom. The van der Waals surface area contributed by atoms with Crippen molar-refractivity contribution in [3.63, 3.8) is 0 Å². The summed E-state index contributed by atoms with van der Waals surface area (Å²) < 4.78 is 18.4. The van der Waals surface area contributed by atoms with Crippen molar-refractivity contribution >= 4 is 11.8 Å². The highest BCUT2D eigenvalue weighted by Gasteiger charge is 2.21. The van der Waals surface area contributed by atoms with E-state index >= 15 is 0 Å². The van der Waals surface area contributed by atoms with Crippen LogP contribution in [0.4, 0.5) is 0 Å². The van der Waals surface area contributed by atoms with Crippen molar-refractivity contribution in [1.82, 2.24) is 24.9 Å². The first kappa shape index (κ1) is 20.0. The highest BCUT2D eigenvalue weighted by Crippen LogP contribution is 2.34. The van der Waals surface area contributed by atoms with Gasteiger partial charge in [-0.15, -0.1) is 10.2 Å². The molecular weight excluding hydrogens is 402 g/mol. The largest absolute Gasteiger partial charge is 0.497 e. The fourth-order valence-corrected chi connectivity index (χ4v) is 3.73. The van der Waals surface area contributed by atoms with Crippen LogP contribution in [-0.2, 0) is 6.61 Å². The minimum Gasteiger partial charge on any atom is -0.497 e. The number of nitrogens with zero attached hydrogens (tertiary/aromatic N) is 5. The predicted octanol–water partition coefficient (Wildman–Crippen LogP) is 4.40. The molecule has 154 valence electrons. The second-order valence-electron chi connectivity index (χ2n) is 6.47. The fraction of sp³-hybridized carbons (Fsp3) is 0.238. The summed E-state index contributed by atoms with van der Waals surface area (Å²) in [4.78, 5) is 4.32. The van der Waals surface area contributed by atoms with Gasteiger partial charge in [0.05, 0.1) is 12.4 Å². The van der Waals surface area contributed by atoms with Gasteiger partial charge < -0.3 is 14.0 Å². The van der Waals surface area contributed by atoms with E-state index < -0.39 is 0 Å². The van der Waals surface area contributed by atoms with Gasteiger partial charge in [-0.25, -0.2) is 0 Å². The second kappa shape index (κ2) is 9.00. The van der Waals surface area contributed by atoms with Gasteiger partial charge in [-0.3, -0.25) is 4.57 Å². The number of ether oxygens (including phenoxy) is 2. The zero-order chi connectivity index (χ0) is 20.9. The Labute approximate surface area is 178 Å². The third-order valence-corrected chi connectivity index (χ3v) is 5.35. The van der Waals surface area contributed by atoms with Crippen LogP contribution in [0.1, 0.15) is 29.7 Å². The Kier molecular flexibility index (Phi) is 5.99. The van der Waals surface area contributed by atoms with Gasteiger partial charge in [0.1, 0.15) is 18.1 Å². The molecule has 0 aliphatic heterocycles. The van der Waals surface area contributed by atoms with E-state index in [-0.39, 0.29) is 11.9 Å². The van der Waals surface area contributed by atoms with Crippen LogP contribution in [-0.4, -0.2) is 32.0 Å². The maximum atomic E-state index is 5.93. The number of aromatic nitrogens is 5. The lowest BCUT2D eigenvalue weighted by Crippen LogP contribution is -2.07. The van der Waals surface area contributed by atoms with E-state index in [9.17, 15) is 0 Å². The lowest BCUT2D eigenvalue weighted by molar-refractivity contribution is 0.292. The fourth-order valence-electron chi connectivity index (χ4n) is 2.81. The highest BCUT2D eigenvalue weighted by atomic mass is 32.2. The molecule has 4 rings (SSSR count). The second-order valence-corrected chi connectivity index (χ2v) is 7.78. The van der Waals surface area contributed by atoms with Crippen LogP contribution < -0.4 is 9.47 Å². The van der Waals surface area contributed by atoms with Crippen molar-refractivity contribution in [1.29, 1.82) is 0 Å². The number of thioether (sulfide) groups is 1. The Balaban J connectivity index is 1.58. The molecule has 9 heteroatoms. The molecule has 0 spiro atoms. The zero-order valence-electron chi connectivity index (χ0n) is 16.8.